The van der Waals surface area contributed by atoms with Crippen molar-refractivity contribution in [2.75, 3.05) is 18.4 Å². The number of amides is 1. The molecule has 0 bridgehead atoms. The van der Waals surface area contributed by atoms with Gasteiger partial charge in [-0.3, -0.25) is 4.79 Å². The number of amidine groups is 1. The average Bonchev–Trinajstić information content (AvgIpc) is 2.60. The van der Waals surface area contributed by atoms with E-state index in [-0.39, 0.29) is 22.6 Å². The fourth-order valence-electron chi connectivity index (χ4n) is 3.21. The summed E-state index contributed by atoms with van der Waals surface area (Å²) >= 11 is 0. The van der Waals surface area contributed by atoms with Gasteiger partial charge in [-0.25, -0.2) is 0 Å². The third-order valence-corrected chi connectivity index (χ3v) is 6.12. The molecule has 2 aliphatic rings. The van der Waals surface area contributed by atoms with Gasteiger partial charge >= 0.3 is 0 Å². The number of nitrogens with two attached hydrogens (primary N) is 1. The molecule has 25 heavy (non-hydrogen) atoms. The Morgan fingerprint density at radius 2 is 2.08 bits per heavy atom. The Morgan fingerprint density at radius 1 is 1.36 bits per heavy atom. The van der Waals surface area contributed by atoms with Crippen LogP contribution in [-0.2, 0) is 14.8 Å². The van der Waals surface area contributed by atoms with Crippen molar-refractivity contribution < 1.29 is 13.2 Å². The van der Waals surface area contributed by atoms with E-state index in [1.165, 1.54) is 6.07 Å². The summed E-state index contributed by atoms with van der Waals surface area (Å²) < 4.78 is 28.8. The zero-order valence-electron chi connectivity index (χ0n) is 14.5. The van der Waals surface area contributed by atoms with Gasteiger partial charge in [0.2, 0.25) is 5.91 Å². The molecule has 136 valence electrons. The molecule has 1 amide bonds. The number of carbonyl (C=O) groups excluding carboxylic acids is 1. The largest absolute Gasteiger partial charge is 0.342 e. The molecule has 3 N–H and O–H groups in total. The van der Waals surface area contributed by atoms with Crippen molar-refractivity contribution in [1.82, 2.24) is 4.90 Å². The SMILES string of the molecule is CC(C)[C@H](N)C(=O)N1CCC[C@H](C2=NS(=O)(=O)c3ccccc3N2)C1. The number of carbonyl (C=O) groups is 1. The first-order valence-electron chi connectivity index (χ1n) is 8.55. The summed E-state index contributed by atoms with van der Waals surface area (Å²) in [6, 6.07) is 6.18. The molecule has 8 heteroatoms. The second kappa shape index (κ2) is 6.76. The van der Waals surface area contributed by atoms with Gasteiger partial charge in [0.25, 0.3) is 10.0 Å². The van der Waals surface area contributed by atoms with Crippen LogP contribution in [-0.4, -0.2) is 44.2 Å². The molecule has 2 aliphatic heterocycles. The number of fused-ring (bicyclic) bond motifs is 1. The van der Waals surface area contributed by atoms with Gasteiger partial charge in [0, 0.05) is 19.0 Å². The lowest BCUT2D eigenvalue weighted by molar-refractivity contribution is -0.134. The molecule has 1 saturated heterocycles. The molecule has 0 saturated carbocycles. The molecule has 7 nitrogen and oxygen atoms in total. The quantitative estimate of drug-likeness (QED) is 0.844. The predicted molar refractivity (Wildman–Crippen MR) is 96.8 cm³/mol. The monoisotopic (exact) mass is 364 g/mol. The summed E-state index contributed by atoms with van der Waals surface area (Å²) in [4.78, 5) is 14.4. The van der Waals surface area contributed by atoms with Crippen molar-refractivity contribution in [1.29, 1.82) is 0 Å². The summed E-state index contributed by atoms with van der Waals surface area (Å²) in [6.45, 7) is 4.91. The molecule has 0 aromatic heterocycles. The summed E-state index contributed by atoms with van der Waals surface area (Å²) in [5, 5.41) is 3.14. The second-order valence-corrected chi connectivity index (χ2v) is 8.54. The predicted octanol–water partition coefficient (Wildman–Crippen LogP) is 1.42. The maximum absolute atomic E-state index is 12.5. The smallest absolute Gasteiger partial charge is 0.286 e. The number of nitrogens with one attached hydrogen (secondary N) is 1. The van der Waals surface area contributed by atoms with Crippen molar-refractivity contribution in [3.05, 3.63) is 24.3 Å². The highest BCUT2D eigenvalue weighted by molar-refractivity contribution is 7.90. The van der Waals surface area contributed by atoms with Crippen LogP contribution < -0.4 is 11.1 Å². The van der Waals surface area contributed by atoms with E-state index >= 15 is 0 Å². The molecular weight excluding hydrogens is 340 g/mol. The molecule has 0 aliphatic carbocycles. The highest BCUT2D eigenvalue weighted by atomic mass is 32.2. The van der Waals surface area contributed by atoms with E-state index in [1.807, 2.05) is 13.8 Å². The van der Waals surface area contributed by atoms with Crippen LogP contribution in [0.15, 0.2) is 33.6 Å². The topological polar surface area (TPSA) is 105 Å². The highest BCUT2D eigenvalue weighted by Gasteiger charge is 2.34. The minimum atomic E-state index is -3.71. The van der Waals surface area contributed by atoms with E-state index in [0.717, 1.165) is 12.8 Å². The van der Waals surface area contributed by atoms with Crippen molar-refractivity contribution >= 4 is 27.5 Å². The third kappa shape index (κ3) is 3.55. The van der Waals surface area contributed by atoms with E-state index in [9.17, 15) is 13.2 Å². The van der Waals surface area contributed by atoms with Crippen LogP contribution in [0.3, 0.4) is 0 Å². The number of rotatable bonds is 3. The molecule has 0 unspecified atom stereocenters. The first kappa shape index (κ1) is 17.9. The number of likely N-dealkylation sites (tertiary alicyclic amines) is 1. The normalized spacial score (nSPS) is 23.4. The molecule has 1 aromatic rings. The average molecular weight is 364 g/mol. The first-order chi connectivity index (χ1) is 11.8. The minimum Gasteiger partial charge on any atom is -0.342 e. The van der Waals surface area contributed by atoms with Crippen LogP contribution in [0.5, 0.6) is 0 Å². The Labute approximate surface area is 148 Å². The number of sulfonamides is 1. The molecule has 1 aromatic carbocycles. The Kier molecular flexibility index (Phi) is 4.83. The molecule has 2 atom stereocenters. The Balaban J connectivity index is 1.81. The molecule has 0 radical (unpaired) electrons. The Bertz CT molecular complexity index is 804. The summed E-state index contributed by atoms with van der Waals surface area (Å²) in [5.41, 5.74) is 6.52. The summed E-state index contributed by atoms with van der Waals surface area (Å²) in [5.74, 6) is 0.249. The molecule has 3 rings (SSSR count). The van der Waals surface area contributed by atoms with E-state index in [4.69, 9.17) is 5.73 Å². The molecule has 2 heterocycles. The van der Waals surface area contributed by atoms with Gasteiger partial charge in [-0.15, -0.1) is 4.40 Å². The van der Waals surface area contributed by atoms with Crippen molar-refractivity contribution in [3.8, 4) is 0 Å². The molecule has 1 fully saturated rings. The van der Waals surface area contributed by atoms with Crippen molar-refractivity contribution in [2.45, 2.75) is 37.6 Å². The number of para-hydroxylation sites is 1. The second-order valence-electron chi connectivity index (χ2n) is 6.97. The number of hydrogen-bond donors (Lipinski definition) is 2. The maximum atomic E-state index is 12.5. The van der Waals surface area contributed by atoms with Crippen LogP contribution >= 0.6 is 0 Å². The fourth-order valence-corrected chi connectivity index (χ4v) is 4.41. The van der Waals surface area contributed by atoms with Crippen LogP contribution in [0, 0.1) is 11.8 Å². The van der Waals surface area contributed by atoms with Gasteiger partial charge in [-0.1, -0.05) is 26.0 Å². The summed E-state index contributed by atoms with van der Waals surface area (Å²) in [7, 11) is -3.71. The van der Waals surface area contributed by atoms with Gasteiger partial charge in [0.15, 0.2) is 0 Å². The van der Waals surface area contributed by atoms with Gasteiger partial charge in [0.1, 0.15) is 10.7 Å². The zero-order chi connectivity index (χ0) is 18.2. The van der Waals surface area contributed by atoms with Crippen LogP contribution in [0.4, 0.5) is 5.69 Å². The molecule has 0 spiro atoms. The van der Waals surface area contributed by atoms with E-state index in [1.54, 1.807) is 23.1 Å². The number of nitrogens with zero attached hydrogens (tertiary/aromatic N) is 2. The highest BCUT2D eigenvalue weighted by Crippen LogP contribution is 2.30. The van der Waals surface area contributed by atoms with Gasteiger partial charge in [-0.05, 0) is 30.9 Å². The van der Waals surface area contributed by atoms with E-state index in [0.29, 0.717) is 24.6 Å². The van der Waals surface area contributed by atoms with Crippen LogP contribution in [0.25, 0.3) is 0 Å². The van der Waals surface area contributed by atoms with E-state index in [2.05, 4.69) is 9.71 Å². The Morgan fingerprint density at radius 3 is 2.80 bits per heavy atom. The zero-order valence-corrected chi connectivity index (χ0v) is 15.3. The maximum Gasteiger partial charge on any atom is 0.286 e. The van der Waals surface area contributed by atoms with Crippen LogP contribution in [0.2, 0.25) is 0 Å². The lowest BCUT2D eigenvalue weighted by Crippen LogP contribution is -2.51. The standard InChI is InChI=1S/C17H24N4O3S/c1-11(2)15(18)17(22)21-9-5-6-12(10-21)16-19-13-7-3-4-8-14(13)25(23,24)20-16/h3-4,7-8,11-12,15H,5-6,9-10,18H2,1-2H3,(H,19,20)/t12-,15-/m0/s1. The van der Waals surface area contributed by atoms with Crippen molar-refractivity contribution in [3.63, 3.8) is 0 Å². The minimum absolute atomic E-state index is 0.0604. The lowest BCUT2D eigenvalue weighted by atomic mass is 9.94. The lowest BCUT2D eigenvalue weighted by Gasteiger charge is -2.36. The summed E-state index contributed by atoms with van der Waals surface area (Å²) in [6.07, 6.45) is 1.58. The first-order valence-corrected chi connectivity index (χ1v) is 9.99. The van der Waals surface area contributed by atoms with Crippen LogP contribution in [0.1, 0.15) is 26.7 Å². The fraction of sp³-hybridized carbons (Fsp3) is 0.529. The number of anilines is 1. The molecular formula is C17H24N4O3S. The number of hydrogen-bond acceptors (Lipinski definition) is 5. The third-order valence-electron chi connectivity index (χ3n) is 4.77. The van der Waals surface area contributed by atoms with Crippen molar-refractivity contribution in [2.24, 2.45) is 22.0 Å². The Hall–Kier alpha value is -1.93. The van der Waals surface area contributed by atoms with Gasteiger partial charge in [0.05, 0.1) is 11.7 Å². The number of piperidine rings is 1. The van der Waals surface area contributed by atoms with Gasteiger partial charge < -0.3 is 16.0 Å². The number of benzene rings is 1. The van der Waals surface area contributed by atoms with Gasteiger partial charge in [-0.2, -0.15) is 8.42 Å². The van der Waals surface area contributed by atoms with E-state index < -0.39 is 16.1 Å².